The van der Waals surface area contributed by atoms with Gasteiger partial charge in [-0.1, -0.05) is 17.7 Å². The summed E-state index contributed by atoms with van der Waals surface area (Å²) in [4.78, 5) is 15.4. The summed E-state index contributed by atoms with van der Waals surface area (Å²) in [6.07, 6.45) is 1.57. The molecule has 0 amide bonds. The second kappa shape index (κ2) is 5.80. The number of nitrogens with one attached hydrogen (secondary N) is 1. The molecule has 1 aromatic carbocycles. The molecule has 9 heteroatoms. The van der Waals surface area contributed by atoms with E-state index in [0.29, 0.717) is 11.2 Å². The number of rotatable bonds is 4. The quantitative estimate of drug-likeness (QED) is 0.769. The van der Waals surface area contributed by atoms with Gasteiger partial charge in [0, 0.05) is 19.3 Å². The summed E-state index contributed by atoms with van der Waals surface area (Å²) in [6.45, 7) is 0.0241. The summed E-state index contributed by atoms with van der Waals surface area (Å²) < 4.78 is 33.5. The summed E-state index contributed by atoms with van der Waals surface area (Å²) in [6, 6.07) is 7.81. The highest BCUT2D eigenvalue weighted by Crippen LogP contribution is 2.27. The van der Waals surface area contributed by atoms with Crippen LogP contribution in [0.2, 0.25) is 5.02 Å². The number of nitrogens with zero attached hydrogens (tertiary/aromatic N) is 2. The van der Waals surface area contributed by atoms with Gasteiger partial charge in [0.15, 0.2) is 5.58 Å². The van der Waals surface area contributed by atoms with Gasteiger partial charge in [0.25, 0.3) is 0 Å². The molecule has 0 aliphatic rings. The van der Waals surface area contributed by atoms with Crippen LogP contribution in [0, 0.1) is 0 Å². The van der Waals surface area contributed by atoms with Crippen LogP contribution in [0.3, 0.4) is 0 Å². The molecule has 2 aromatic heterocycles. The molecule has 1 N–H and O–H groups in total. The maximum Gasteiger partial charge on any atom is 0.419 e. The fraction of sp³-hybridized carbons (Fsp3) is 0.143. The molecule has 0 saturated carbocycles. The topological polar surface area (TPSA) is 94.2 Å². The first-order valence-electron chi connectivity index (χ1n) is 6.57. The van der Waals surface area contributed by atoms with E-state index in [0.717, 1.165) is 0 Å². The van der Waals surface area contributed by atoms with Crippen LogP contribution in [0.4, 0.5) is 0 Å². The van der Waals surface area contributed by atoms with Crippen LogP contribution in [0.15, 0.2) is 50.6 Å². The van der Waals surface area contributed by atoms with Crippen molar-refractivity contribution in [3.8, 4) is 0 Å². The molecular formula is C14H12ClN3O4S. The smallest absolute Gasteiger partial charge is 0.408 e. The molecule has 0 aliphatic heterocycles. The second-order valence-electron chi connectivity index (χ2n) is 4.82. The van der Waals surface area contributed by atoms with E-state index in [9.17, 15) is 13.2 Å². The molecule has 0 saturated heterocycles. The molecule has 23 heavy (non-hydrogen) atoms. The minimum atomic E-state index is -3.88. The van der Waals surface area contributed by atoms with Crippen LogP contribution in [0.25, 0.3) is 11.1 Å². The van der Waals surface area contributed by atoms with E-state index in [1.54, 1.807) is 24.4 Å². The lowest BCUT2D eigenvalue weighted by molar-refractivity contribution is 0.527. The third kappa shape index (κ3) is 3.00. The Morgan fingerprint density at radius 1 is 1.35 bits per heavy atom. The highest BCUT2D eigenvalue weighted by Gasteiger charge is 2.21. The molecule has 7 nitrogen and oxygen atoms in total. The van der Waals surface area contributed by atoms with Crippen molar-refractivity contribution in [3.63, 3.8) is 0 Å². The van der Waals surface area contributed by atoms with Crippen LogP contribution in [0.5, 0.6) is 0 Å². The van der Waals surface area contributed by atoms with Crippen molar-refractivity contribution in [1.29, 1.82) is 0 Å². The summed E-state index contributed by atoms with van der Waals surface area (Å²) in [5.74, 6) is -0.591. The molecule has 3 rings (SSSR count). The van der Waals surface area contributed by atoms with Gasteiger partial charge in [-0.2, -0.15) is 0 Å². The zero-order chi connectivity index (χ0) is 16.6. The standard InChI is InChI=1S/C14H12ClN3O4S/c1-18-11-6-10(15)13(7-12(11)22-14(18)19)23(20,21)17-8-9-4-2-3-5-16-9/h2-7,17H,8H2,1H3. The van der Waals surface area contributed by atoms with Gasteiger partial charge in [-0.3, -0.25) is 9.55 Å². The van der Waals surface area contributed by atoms with Crippen LogP contribution < -0.4 is 10.5 Å². The van der Waals surface area contributed by atoms with Gasteiger partial charge >= 0.3 is 5.76 Å². The SMILES string of the molecule is Cn1c(=O)oc2cc(S(=O)(=O)NCc3ccccn3)c(Cl)cc21. The average molecular weight is 354 g/mol. The predicted octanol–water partition coefficient (Wildman–Crippen LogP) is 1.66. The fourth-order valence-corrected chi connectivity index (χ4v) is 3.62. The number of fused-ring (bicyclic) bond motifs is 1. The van der Waals surface area contributed by atoms with Crippen LogP contribution in [-0.4, -0.2) is 18.0 Å². The Hall–Kier alpha value is -2.16. The zero-order valence-corrected chi connectivity index (χ0v) is 13.6. The zero-order valence-electron chi connectivity index (χ0n) is 12.0. The molecule has 0 radical (unpaired) electrons. The first kappa shape index (κ1) is 15.7. The maximum atomic E-state index is 12.4. The summed E-state index contributed by atoms with van der Waals surface area (Å²) >= 11 is 6.06. The molecule has 0 spiro atoms. The van der Waals surface area contributed by atoms with Crippen molar-refractivity contribution >= 4 is 32.7 Å². The van der Waals surface area contributed by atoms with Gasteiger partial charge in [0.2, 0.25) is 10.0 Å². The van der Waals surface area contributed by atoms with E-state index < -0.39 is 15.8 Å². The molecule has 0 bridgehead atoms. The van der Waals surface area contributed by atoms with Crippen molar-refractivity contribution in [2.75, 3.05) is 0 Å². The van der Waals surface area contributed by atoms with Gasteiger partial charge in [0.05, 0.1) is 22.8 Å². The molecular weight excluding hydrogens is 342 g/mol. The lowest BCUT2D eigenvalue weighted by atomic mass is 10.3. The maximum absolute atomic E-state index is 12.4. The Morgan fingerprint density at radius 2 is 2.13 bits per heavy atom. The summed E-state index contributed by atoms with van der Waals surface area (Å²) in [5, 5.41) is 0.00224. The Balaban J connectivity index is 1.97. The lowest BCUT2D eigenvalue weighted by Gasteiger charge is -2.08. The Bertz CT molecular complexity index is 1030. The summed E-state index contributed by atoms with van der Waals surface area (Å²) in [5.41, 5.74) is 1.14. The molecule has 3 aromatic rings. The normalized spacial score (nSPS) is 11.9. The van der Waals surface area contributed by atoms with Crippen molar-refractivity contribution in [3.05, 3.63) is 57.8 Å². The van der Waals surface area contributed by atoms with Crippen molar-refractivity contribution in [2.24, 2.45) is 7.05 Å². The number of aromatic nitrogens is 2. The Morgan fingerprint density at radius 3 is 2.83 bits per heavy atom. The highest BCUT2D eigenvalue weighted by atomic mass is 35.5. The van der Waals surface area contributed by atoms with E-state index in [4.69, 9.17) is 16.0 Å². The van der Waals surface area contributed by atoms with E-state index in [-0.39, 0.29) is 22.0 Å². The number of sulfonamides is 1. The van der Waals surface area contributed by atoms with E-state index >= 15 is 0 Å². The van der Waals surface area contributed by atoms with E-state index in [1.165, 1.54) is 23.7 Å². The van der Waals surface area contributed by atoms with Crippen LogP contribution in [0.1, 0.15) is 5.69 Å². The number of benzene rings is 1. The number of halogens is 1. The van der Waals surface area contributed by atoms with Gasteiger partial charge in [-0.25, -0.2) is 17.9 Å². The van der Waals surface area contributed by atoms with Gasteiger partial charge in [0.1, 0.15) is 4.90 Å². The number of hydrogen-bond acceptors (Lipinski definition) is 5. The first-order valence-corrected chi connectivity index (χ1v) is 8.43. The van der Waals surface area contributed by atoms with E-state index in [1.807, 2.05) is 0 Å². The van der Waals surface area contributed by atoms with E-state index in [2.05, 4.69) is 9.71 Å². The number of hydrogen-bond donors (Lipinski definition) is 1. The molecule has 2 heterocycles. The van der Waals surface area contributed by atoms with Crippen molar-refractivity contribution in [2.45, 2.75) is 11.4 Å². The lowest BCUT2D eigenvalue weighted by Crippen LogP contribution is -2.24. The van der Waals surface area contributed by atoms with Crippen LogP contribution >= 0.6 is 11.6 Å². The molecule has 0 fully saturated rings. The predicted molar refractivity (Wildman–Crippen MR) is 84.7 cm³/mol. The average Bonchev–Trinajstić information content (AvgIpc) is 2.80. The summed E-state index contributed by atoms with van der Waals surface area (Å²) in [7, 11) is -2.37. The molecule has 0 unspecified atom stereocenters. The minimum absolute atomic E-state index is 0.00224. The highest BCUT2D eigenvalue weighted by molar-refractivity contribution is 7.89. The molecule has 0 atom stereocenters. The number of oxazole rings is 1. The number of pyridine rings is 1. The fourth-order valence-electron chi connectivity index (χ4n) is 2.08. The van der Waals surface area contributed by atoms with Gasteiger partial charge in [-0.05, 0) is 18.2 Å². The monoisotopic (exact) mass is 353 g/mol. The second-order valence-corrected chi connectivity index (χ2v) is 6.97. The first-order chi connectivity index (χ1) is 10.9. The van der Waals surface area contributed by atoms with Gasteiger partial charge < -0.3 is 4.42 Å². The van der Waals surface area contributed by atoms with Gasteiger partial charge in [-0.15, -0.1) is 0 Å². The van der Waals surface area contributed by atoms with Crippen molar-refractivity contribution < 1.29 is 12.8 Å². The molecule has 0 aliphatic carbocycles. The van der Waals surface area contributed by atoms with Crippen molar-refractivity contribution in [1.82, 2.24) is 14.3 Å². The third-order valence-electron chi connectivity index (χ3n) is 3.30. The largest absolute Gasteiger partial charge is 0.419 e. The van der Waals surface area contributed by atoms with Crippen LogP contribution in [-0.2, 0) is 23.6 Å². The number of aryl methyl sites for hydroxylation is 1. The minimum Gasteiger partial charge on any atom is -0.408 e. The Labute approximate surface area is 136 Å². The molecule has 120 valence electrons. The Kier molecular flexibility index (Phi) is 3.97. The third-order valence-corrected chi connectivity index (χ3v) is 5.17.